The Bertz CT molecular complexity index is 1450. The van der Waals surface area contributed by atoms with Gasteiger partial charge >= 0.3 is 6.03 Å². The van der Waals surface area contributed by atoms with Crippen LogP contribution in [0.15, 0.2) is 54.2 Å². The highest BCUT2D eigenvalue weighted by atomic mass is 35.5. The molecule has 2 aromatic carbocycles. The van der Waals surface area contributed by atoms with E-state index < -0.39 is 6.03 Å². The van der Waals surface area contributed by atoms with Crippen molar-refractivity contribution in [2.24, 2.45) is 0 Å². The molecule has 1 fully saturated rings. The van der Waals surface area contributed by atoms with Gasteiger partial charge in [0.1, 0.15) is 29.9 Å². The number of carbonyl (C=O) groups is 1. The summed E-state index contributed by atoms with van der Waals surface area (Å²) in [5.41, 5.74) is 1.42. The average molecular weight is 535 g/mol. The number of hydrogen-bond donors (Lipinski definition) is 2. The van der Waals surface area contributed by atoms with Crippen LogP contribution >= 0.6 is 22.9 Å². The third-order valence-electron chi connectivity index (χ3n) is 5.85. The number of likely N-dealkylation sites (tertiary alicyclic amines) is 1. The van der Waals surface area contributed by atoms with E-state index in [2.05, 4.69) is 31.6 Å². The first-order chi connectivity index (χ1) is 18.1. The summed E-state index contributed by atoms with van der Waals surface area (Å²) in [6, 6.07) is 11.9. The molecule has 5 rings (SSSR count). The van der Waals surface area contributed by atoms with Crippen LogP contribution in [0.25, 0.3) is 10.9 Å². The van der Waals surface area contributed by atoms with Crippen molar-refractivity contribution in [3.05, 3.63) is 64.8 Å². The van der Waals surface area contributed by atoms with Crippen molar-refractivity contribution in [3.63, 3.8) is 0 Å². The van der Waals surface area contributed by atoms with Crippen molar-refractivity contribution < 1.29 is 14.3 Å². The van der Waals surface area contributed by atoms with Gasteiger partial charge in [-0.1, -0.05) is 11.6 Å². The Kier molecular flexibility index (Phi) is 7.65. The number of carbonyl (C=O) groups excluding carboxylic acids is 1. The van der Waals surface area contributed by atoms with E-state index in [9.17, 15) is 10.1 Å². The van der Waals surface area contributed by atoms with E-state index in [1.165, 1.54) is 24.2 Å². The zero-order valence-electron chi connectivity index (χ0n) is 19.7. The van der Waals surface area contributed by atoms with Gasteiger partial charge < -0.3 is 14.8 Å². The molecule has 4 aromatic rings. The number of amides is 2. The van der Waals surface area contributed by atoms with Gasteiger partial charge in [0.2, 0.25) is 0 Å². The fourth-order valence-corrected chi connectivity index (χ4v) is 4.75. The fourth-order valence-electron chi connectivity index (χ4n) is 4.06. The number of urea groups is 1. The van der Waals surface area contributed by atoms with E-state index in [0.29, 0.717) is 56.2 Å². The molecular formula is C26H23ClN6O3S. The van der Waals surface area contributed by atoms with Crippen LogP contribution in [0, 0.1) is 11.3 Å². The number of pyridine rings is 1. The maximum Gasteiger partial charge on any atom is 0.325 e. The summed E-state index contributed by atoms with van der Waals surface area (Å²) >= 11 is 7.59. The van der Waals surface area contributed by atoms with Crippen LogP contribution in [0.2, 0.25) is 5.02 Å². The molecule has 0 spiro atoms. The predicted molar refractivity (Wildman–Crippen MR) is 144 cm³/mol. The zero-order chi connectivity index (χ0) is 25.6. The molecule has 0 unspecified atom stereocenters. The first-order valence-electron chi connectivity index (χ1n) is 11.7. The second-order valence-electron chi connectivity index (χ2n) is 8.34. The molecule has 2 N–H and O–H groups in total. The van der Waals surface area contributed by atoms with Crippen molar-refractivity contribution in [2.75, 3.05) is 36.9 Å². The van der Waals surface area contributed by atoms with Gasteiger partial charge in [-0.05, 0) is 50.2 Å². The summed E-state index contributed by atoms with van der Waals surface area (Å²) in [6.45, 7) is 3.51. The van der Waals surface area contributed by atoms with E-state index in [1.807, 2.05) is 0 Å². The number of anilines is 2. The minimum absolute atomic E-state index is 0.351. The molecule has 0 aliphatic carbocycles. The molecular weight excluding hydrogens is 512 g/mol. The normalized spacial score (nSPS) is 13.3. The van der Waals surface area contributed by atoms with E-state index in [-0.39, 0.29) is 0 Å². The lowest BCUT2D eigenvalue weighted by atomic mass is 10.1. The number of aromatic nitrogens is 2. The Morgan fingerprint density at radius 3 is 2.76 bits per heavy atom. The molecule has 188 valence electrons. The van der Waals surface area contributed by atoms with Gasteiger partial charge in [0.15, 0.2) is 5.13 Å². The third kappa shape index (κ3) is 6.09. The summed E-state index contributed by atoms with van der Waals surface area (Å²) in [5.74, 6) is 1.46. The number of rotatable bonds is 8. The van der Waals surface area contributed by atoms with Crippen LogP contribution in [-0.4, -0.2) is 47.1 Å². The largest absolute Gasteiger partial charge is 0.491 e. The number of nitriles is 1. The van der Waals surface area contributed by atoms with Crippen LogP contribution < -0.4 is 20.1 Å². The summed E-state index contributed by atoms with van der Waals surface area (Å²) in [6.07, 6.45) is 5.67. The molecule has 37 heavy (non-hydrogen) atoms. The second-order valence-corrected chi connectivity index (χ2v) is 9.65. The standard InChI is InChI=1S/C26H23ClN6O3S/c27-20-4-3-18(14-22(20)31-25(34)32-26-30-7-12-37-26)36-23-5-6-29-21-15-24(17(16-28)13-19(21)23)35-11-10-33-8-1-2-9-33/h3-7,12-15H,1-2,8-11H2,(H2,30,31,32,34). The number of benzene rings is 2. The highest BCUT2D eigenvalue weighted by Crippen LogP contribution is 2.35. The molecule has 3 heterocycles. The fraction of sp³-hybridized carbons (Fsp3) is 0.231. The van der Waals surface area contributed by atoms with Crippen molar-refractivity contribution in [1.29, 1.82) is 5.26 Å². The van der Waals surface area contributed by atoms with E-state index in [1.54, 1.807) is 54.2 Å². The molecule has 1 saturated heterocycles. The molecule has 1 aliphatic rings. The summed E-state index contributed by atoms with van der Waals surface area (Å²) < 4.78 is 12.1. The summed E-state index contributed by atoms with van der Waals surface area (Å²) in [7, 11) is 0. The van der Waals surface area contributed by atoms with Crippen molar-refractivity contribution in [3.8, 4) is 23.3 Å². The summed E-state index contributed by atoms with van der Waals surface area (Å²) in [5, 5.41) is 18.3. The van der Waals surface area contributed by atoms with Crippen LogP contribution in [0.3, 0.4) is 0 Å². The van der Waals surface area contributed by atoms with Gasteiger partial charge in [-0.15, -0.1) is 11.3 Å². The van der Waals surface area contributed by atoms with Crippen molar-refractivity contribution >= 4 is 50.7 Å². The van der Waals surface area contributed by atoms with Crippen LogP contribution in [-0.2, 0) is 0 Å². The average Bonchev–Trinajstić information content (AvgIpc) is 3.60. The topological polar surface area (TPSA) is 112 Å². The lowest BCUT2D eigenvalue weighted by Crippen LogP contribution is -2.25. The van der Waals surface area contributed by atoms with Gasteiger partial charge in [0, 0.05) is 41.8 Å². The van der Waals surface area contributed by atoms with E-state index >= 15 is 0 Å². The third-order valence-corrected chi connectivity index (χ3v) is 6.87. The zero-order valence-corrected chi connectivity index (χ0v) is 21.3. The quantitative estimate of drug-likeness (QED) is 0.279. The Labute approximate surface area is 222 Å². The number of thiazole rings is 1. The molecule has 0 radical (unpaired) electrons. The van der Waals surface area contributed by atoms with Crippen LogP contribution in [0.4, 0.5) is 15.6 Å². The highest BCUT2D eigenvalue weighted by molar-refractivity contribution is 7.13. The smallest absolute Gasteiger partial charge is 0.325 e. The lowest BCUT2D eigenvalue weighted by molar-refractivity contribution is 0.237. The van der Waals surface area contributed by atoms with Crippen molar-refractivity contribution in [2.45, 2.75) is 12.8 Å². The van der Waals surface area contributed by atoms with Gasteiger partial charge in [-0.2, -0.15) is 5.26 Å². The Balaban J connectivity index is 1.33. The molecule has 1 aliphatic heterocycles. The molecule has 2 aromatic heterocycles. The maximum atomic E-state index is 12.3. The molecule has 0 bridgehead atoms. The van der Waals surface area contributed by atoms with E-state index in [0.717, 1.165) is 19.6 Å². The Morgan fingerprint density at radius 1 is 1.11 bits per heavy atom. The SMILES string of the molecule is N#Cc1cc2c(Oc3ccc(Cl)c(NC(=O)Nc4nccs4)c3)ccnc2cc1OCCN1CCCC1. The monoisotopic (exact) mass is 534 g/mol. The minimum Gasteiger partial charge on any atom is -0.491 e. The van der Waals surface area contributed by atoms with E-state index in [4.69, 9.17) is 21.1 Å². The minimum atomic E-state index is -0.473. The number of fused-ring (bicyclic) bond motifs is 1. The van der Waals surface area contributed by atoms with Crippen LogP contribution in [0.5, 0.6) is 17.2 Å². The number of nitrogens with zero attached hydrogens (tertiary/aromatic N) is 4. The van der Waals surface area contributed by atoms with Crippen molar-refractivity contribution in [1.82, 2.24) is 14.9 Å². The number of nitrogens with one attached hydrogen (secondary N) is 2. The number of halogens is 1. The highest BCUT2D eigenvalue weighted by Gasteiger charge is 2.15. The first-order valence-corrected chi connectivity index (χ1v) is 13.0. The van der Waals surface area contributed by atoms with Gasteiger partial charge in [-0.25, -0.2) is 9.78 Å². The molecule has 11 heteroatoms. The number of hydrogen-bond acceptors (Lipinski definition) is 8. The molecule has 0 atom stereocenters. The molecule has 9 nitrogen and oxygen atoms in total. The van der Waals surface area contributed by atoms with Crippen LogP contribution in [0.1, 0.15) is 18.4 Å². The molecule has 2 amide bonds. The van der Waals surface area contributed by atoms with Gasteiger partial charge in [0.05, 0.1) is 21.8 Å². The Morgan fingerprint density at radius 2 is 1.97 bits per heavy atom. The van der Waals surface area contributed by atoms with Gasteiger partial charge in [-0.3, -0.25) is 15.2 Å². The molecule has 0 saturated carbocycles. The Hall–Kier alpha value is -3.91. The predicted octanol–water partition coefficient (Wildman–Crippen LogP) is 6.13. The number of ether oxygens (including phenoxy) is 2. The summed E-state index contributed by atoms with van der Waals surface area (Å²) in [4.78, 5) is 23.1. The lowest BCUT2D eigenvalue weighted by Gasteiger charge is -2.16. The van der Waals surface area contributed by atoms with Gasteiger partial charge in [0.25, 0.3) is 0 Å². The maximum absolute atomic E-state index is 12.3. The first kappa shape index (κ1) is 24.8. The second kappa shape index (κ2) is 11.4.